The molecule has 0 radical (unpaired) electrons. The Bertz CT molecular complexity index is 695. The molecule has 1 aliphatic rings. The van der Waals surface area contributed by atoms with Gasteiger partial charge in [-0.3, -0.25) is 14.9 Å². The maximum absolute atomic E-state index is 13.0. The SMILES string of the molecule is CC(C)C1=C(C(=O)C(C)(C)C)c2cc([N+](=O)[O-])ccc2OC1C. The van der Waals surface area contributed by atoms with Crippen molar-refractivity contribution in [2.45, 2.75) is 47.6 Å². The van der Waals surface area contributed by atoms with E-state index in [9.17, 15) is 14.9 Å². The van der Waals surface area contributed by atoms with E-state index in [1.165, 1.54) is 12.1 Å². The molecule has 124 valence electrons. The van der Waals surface area contributed by atoms with Crippen molar-refractivity contribution in [2.24, 2.45) is 11.3 Å². The maximum atomic E-state index is 13.0. The Labute approximate surface area is 136 Å². The molecular weight excluding hydrogens is 294 g/mol. The molecule has 1 atom stereocenters. The average molecular weight is 317 g/mol. The van der Waals surface area contributed by atoms with Crippen molar-refractivity contribution in [2.75, 3.05) is 0 Å². The molecule has 1 unspecified atom stereocenters. The summed E-state index contributed by atoms with van der Waals surface area (Å²) in [6.45, 7) is 11.5. The number of hydrogen-bond acceptors (Lipinski definition) is 4. The molecule has 0 spiro atoms. The highest BCUT2D eigenvalue weighted by Gasteiger charge is 2.36. The second kappa shape index (κ2) is 5.80. The van der Waals surface area contributed by atoms with Crippen LogP contribution in [0.25, 0.3) is 5.57 Å². The summed E-state index contributed by atoms with van der Waals surface area (Å²) in [7, 11) is 0. The van der Waals surface area contributed by atoms with Crippen LogP contribution in [-0.2, 0) is 4.79 Å². The van der Waals surface area contributed by atoms with Crippen molar-refractivity contribution in [1.82, 2.24) is 0 Å². The lowest BCUT2D eigenvalue weighted by atomic mass is 9.77. The third kappa shape index (κ3) is 3.14. The van der Waals surface area contributed by atoms with E-state index in [1.807, 2.05) is 41.5 Å². The number of benzene rings is 1. The number of rotatable bonds is 3. The second-order valence-electron chi connectivity index (χ2n) is 7.26. The second-order valence-corrected chi connectivity index (χ2v) is 7.26. The van der Waals surface area contributed by atoms with Gasteiger partial charge >= 0.3 is 0 Å². The smallest absolute Gasteiger partial charge is 0.270 e. The monoisotopic (exact) mass is 317 g/mol. The predicted molar refractivity (Wildman–Crippen MR) is 89.4 cm³/mol. The van der Waals surface area contributed by atoms with Gasteiger partial charge in [0.25, 0.3) is 5.69 Å². The molecule has 0 aliphatic carbocycles. The summed E-state index contributed by atoms with van der Waals surface area (Å²) in [5.41, 5.74) is 1.39. The Balaban J connectivity index is 2.78. The molecule has 5 heteroatoms. The molecule has 1 heterocycles. The van der Waals surface area contributed by atoms with Gasteiger partial charge in [0.2, 0.25) is 0 Å². The third-order valence-corrected chi connectivity index (χ3v) is 4.00. The van der Waals surface area contributed by atoms with Gasteiger partial charge in [-0.1, -0.05) is 34.6 Å². The summed E-state index contributed by atoms with van der Waals surface area (Å²) < 4.78 is 5.90. The van der Waals surface area contributed by atoms with Crippen molar-refractivity contribution in [3.8, 4) is 5.75 Å². The lowest BCUT2D eigenvalue weighted by molar-refractivity contribution is -0.384. The molecule has 0 saturated heterocycles. The highest BCUT2D eigenvalue weighted by molar-refractivity contribution is 6.25. The summed E-state index contributed by atoms with van der Waals surface area (Å²) in [6, 6.07) is 4.44. The highest BCUT2D eigenvalue weighted by atomic mass is 16.6. The largest absolute Gasteiger partial charge is 0.486 e. The minimum atomic E-state index is -0.575. The summed E-state index contributed by atoms with van der Waals surface area (Å²) in [4.78, 5) is 23.7. The van der Waals surface area contributed by atoms with E-state index in [1.54, 1.807) is 6.07 Å². The number of ether oxygens (including phenoxy) is 1. The van der Waals surface area contributed by atoms with Crippen molar-refractivity contribution in [3.05, 3.63) is 39.4 Å². The van der Waals surface area contributed by atoms with E-state index in [-0.39, 0.29) is 23.5 Å². The number of nitrogens with zero attached hydrogens (tertiary/aromatic N) is 1. The number of nitro benzene ring substituents is 1. The minimum absolute atomic E-state index is 0.0157. The maximum Gasteiger partial charge on any atom is 0.270 e. The van der Waals surface area contributed by atoms with E-state index in [0.29, 0.717) is 16.9 Å². The third-order valence-electron chi connectivity index (χ3n) is 4.00. The lowest BCUT2D eigenvalue weighted by Gasteiger charge is -2.33. The van der Waals surface area contributed by atoms with E-state index < -0.39 is 10.3 Å². The topological polar surface area (TPSA) is 69.4 Å². The van der Waals surface area contributed by atoms with Gasteiger partial charge in [0.1, 0.15) is 11.9 Å². The molecule has 0 saturated carbocycles. The molecule has 0 amide bonds. The quantitative estimate of drug-likeness (QED) is 0.612. The van der Waals surface area contributed by atoms with Crippen LogP contribution in [0.2, 0.25) is 0 Å². The Hall–Kier alpha value is -2.17. The van der Waals surface area contributed by atoms with Crippen molar-refractivity contribution in [3.63, 3.8) is 0 Å². The normalized spacial score (nSPS) is 17.8. The van der Waals surface area contributed by atoms with E-state index in [2.05, 4.69) is 0 Å². The molecular formula is C18H23NO4. The Morgan fingerprint density at radius 2 is 1.91 bits per heavy atom. The zero-order valence-corrected chi connectivity index (χ0v) is 14.5. The van der Waals surface area contributed by atoms with E-state index >= 15 is 0 Å². The van der Waals surface area contributed by atoms with Crippen LogP contribution in [0.5, 0.6) is 5.75 Å². The minimum Gasteiger partial charge on any atom is -0.486 e. The molecule has 1 aromatic carbocycles. The van der Waals surface area contributed by atoms with Gasteiger partial charge in [-0.15, -0.1) is 0 Å². The summed E-state index contributed by atoms with van der Waals surface area (Å²) >= 11 is 0. The van der Waals surface area contributed by atoms with Gasteiger partial charge < -0.3 is 4.74 Å². The summed E-state index contributed by atoms with van der Waals surface area (Å²) in [6.07, 6.45) is -0.231. The number of carbonyl (C=O) groups is 1. The standard InChI is InChI=1S/C18H23NO4/c1-10(2)15-11(3)23-14-8-7-12(19(21)22)9-13(14)16(15)17(20)18(4,5)6/h7-11H,1-6H3. The van der Waals surface area contributed by atoms with Gasteiger partial charge in [-0.2, -0.15) is 0 Å². The van der Waals surface area contributed by atoms with E-state index in [0.717, 1.165) is 5.57 Å². The Kier molecular flexibility index (Phi) is 4.33. The molecule has 1 aliphatic heterocycles. The fourth-order valence-corrected chi connectivity index (χ4v) is 2.93. The van der Waals surface area contributed by atoms with Crippen LogP contribution < -0.4 is 4.74 Å². The van der Waals surface area contributed by atoms with Gasteiger partial charge in [0.05, 0.1) is 4.92 Å². The van der Waals surface area contributed by atoms with Crippen LogP contribution in [0.4, 0.5) is 5.69 Å². The first-order chi connectivity index (χ1) is 10.5. The zero-order chi connectivity index (χ0) is 17.5. The predicted octanol–water partition coefficient (Wildman–Crippen LogP) is 4.40. The number of carbonyl (C=O) groups excluding carboxylic acids is 1. The van der Waals surface area contributed by atoms with Gasteiger partial charge in [-0.05, 0) is 24.5 Å². The molecule has 1 aromatic rings. The van der Waals surface area contributed by atoms with Crippen molar-refractivity contribution < 1.29 is 14.5 Å². The highest BCUT2D eigenvalue weighted by Crippen LogP contribution is 2.43. The first-order valence-corrected chi connectivity index (χ1v) is 7.78. The van der Waals surface area contributed by atoms with E-state index in [4.69, 9.17) is 4.74 Å². The molecule has 5 nitrogen and oxygen atoms in total. The van der Waals surface area contributed by atoms with Crippen LogP contribution in [-0.4, -0.2) is 16.8 Å². The van der Waals surface area contributed by atoms with Crippen LogP contribution >= 0.6 is 0 Å². The van der Waals surface area contributed by atoms with Crippen molar-refractivity contribution >= 4 is 17.0 Å². The van der Waals surface area contributed by atoms with Crippen LogP contribution in [0.15, 0.2) is 23.8 Å². The number of fused-ring (bicyclic) bond motifs is 1. The molecule has 0 fully saturated rings. The first kappa shape index (κ1) is 17.2. The number of ketones is 1. The van der Waals surface area contributed by atoms with Gasteiger partial charge in [-0.25, -0.2) is 0 Å². The molecule has 23 heavy (non-hydrogen) atoms. The molecule has 0 bridgehead atoms. The fraction of sp³-hybridized carbons (Fsp3) is 0.500. The summed E-state index contributed by atoms with van der Waals surface area (Å²) in [5.74, 6) is 0.622. The number of Topliss-reactive ketones (excluding diaryl/α,β-unsaturated/α-hetero) is 1. The lowest BCUT2D eigenvalue weighted by Crippen LogP contribution is -2.31. The zero-order valence-electron chi connectivity index (χ0n) is 14.5. The average Bonchev–Trinajstić information content (AvgIpc) is 2.42. The van der Waals surface area contributed by atoms with Crippen LogP contribution in [0.1, 0.15) is 47.1 Å². The molecule has 2 rings (SSSR count). The number of nitro groups is 1. The fourth-order valence-electron chi connectivity index (χ4n) is 2.93. The van der Waals surface area contributed by atoms with Crippen LogP contribution in [0, 0.1) is 21.4 Å². The number of non-ortho nitro benzene ring substituents is 1. The summed E-state index contributed by atoms with van der Waals surface area (Å²) in [5, 5.41) is 11.1. The Morgan fingerprint density at radius 1 is 1.30 bits per heavy atom. The molecule has 0 N–H and O–H groups in total. The van der Waals surface area contributed by atoms with Crippen molar-refractivity contribution in [1.29, 1.82) is 0 Å². The van der Waals surface area contributed by atoms with Gasteiger partial charge in [0.15, 0.2) is 5.78 Å². The first-order valence-electron chi connectivity index (χ1n) is 7.78. The number of allylic oxidation sites excluding steroid dienone is 1. The number of hydrogen-bond donors (Lipinski definition) is 0. The van der Waals surface area contributed by atoms with Gasteiger partial charge in [0, 0.05) is 28.7 Å². The molecule has 0 aromatic heterocycles. The van der Waals surface area contributed by atoms with Crippen LogP contribution in [0.3, 0.4) is 0 Å². The Morgan fingerprint density at radius 3 is 2.39 bits per heavy atom.